The van der Waals surface area contributed by atoms with E-state index in [4.69, 9.17) is 16.1 Å². The van der Waals surface area contributed by atoms with Gasteiger partial charge in [0.15, 0.2) is 0 Å². The highest BCUT2D eigenvalue weighted by Crippen LogP contribution is 2.21. The van der Waals surface area contributed by atoms with E-state index in [0.29, 0.717) is 29.6 Å². The van der Waals surface area contributed by atoms with Crippen LogP contribution in [0, 0.1) is 0 Å². The Bertz CT molecular complexity index is 800. The number of benzene rings is 1. The molecule has 3 rings (SSSR count). The second-order valence-corrected chi connectivity index (χ2v) is 6.71. The average molecular weight is 362 g/mol. The number of nitrogens with one attached hydrogen (secondary N) is 1. The van der Waals surface area contributed by atoms with Crippen LogP contribution in [-0.4, -0.2) is 16.0 Å². The molecule has 0 unspecified atom stereocenters. The molecule has 1 atom stereocenters. The predicted octanol–water partition coefficient (Wildman–Crippen LogP) is 4.26. The maximum Gasteiger partial charge on any atom is 0.227 e. The Kier molecular flexibility index (Phi) is 5.27. The van der Waals surface area contributed by atoms with Crippen LogP contribution in [0.1, 0.15) is 30.8 Å². The lowest BCUT2D eigenvalue weighted by Gasteiger charge is -2.14. The third-order valence-corrected chi connectivity index (χ3v) is 4.64. The van der Waals surface area contributed by atoms with Gasteiger partial charge in [-0.2, -0.15) is 4.98 Å². The number of thiophene rings is 1. The number of nitrogens with zero attached hydrogens (tertiary/aromatic N) is 2. The normalized spacial score (nSPS) is 12.1. The number of hydrogen-bond acceptors (Lipinski definition) is 5. The van der Waals surface area contributed by atoms with Gasteiger partial charge in [0.05, 0.1) is 10.9 Å². The van der Waals surface area contributed by atoms with Gasteiger partial charge in [-0.25, -0.2) is 0 Å². The minimum absolute atomic E-state index is 0.0617. The lowest BCUT2D eigenvalue weighted by Crippen LogP contribution is -2.26. The largest absolute Gasteiger partial charge is 0.350 e. The SMILES string of the molecule is C[C@@H](NC(=O)CCc1nc(-c2cccs2)no1)c1ccc(Cl)cc1. The standard InChI is InChI=1S/C17H16ClN3O2S/c1-11(12-4-6-13(18)7-5-12)19-15(22)8-9-16-20-17(21-23-16)14-3-2-10-24-14/h2-7,10-11H,8-9H2,1H3,(H,19,22)/t11-/m1/s1. The molecule has 0 aliphatic rings. The molecule has 0 radical (unpaired) electrons. The molecule has 0 spiro atoms. The molecule has 0 fully saturated rings. The fraction of sp³-hybridized carbons (Fsp3) is 0.235. The summed E-state index contributed by atoms with van der Waals surface area (Å²) in [5.41, 5.74) is 1.01. The number of halogens is 1. The van der Waals surface area contributed by atoms with Crippen molar-refractivity contribution >= 4 is 28.8 Å². The molecule has 0 saturated carbocycles. The summed E-state index contributed by atoms with van der Waals surface area (Å²) in [5, 5.41) is 9.52. The molecule has 1 N–H and O–H groups in total. The van der Waals surface area contributed by atoms with E-state index in [1.807, 2.05) is 48.7 Å². The monoisotopic (exact) mass is 361 g/mol. The topological polar surface area (TPSA) is 68.0 Å². The number of hydrogen-bond donors (Lipinski definition) is 1. The molecule has 1 aromatic carbocycles. The fourth-order valence-electron chi connectivity index (χ4n) is 2.23. The molecule has 2 heterocycles. The second kappa shape index (κ2) is 7.59. The Morgan fingerprint density at radius 2 is 2.12 bits per heavy atom. The van der Waals surface area contributed by atoms with Crippen molar-refractivity contribution in [2.75, 3.05) is 0 Å². The van der Waals surface area contributed by atoms with E-state index in [-0.39, 0.29) is 11.9 Å². The van der Waals surface area contributed by atoms with Crippen molar-refractivity contribution in [1.29, 1.82) is 0 Å². The van der Waals surface area contributed by atoms with Crippen LogP contribution in [0.2, 0.25) is 5.02 Å². The van der Waals surface area contributed by atoms with E-state index in [0.717, 1.165) is 10.4 Å². The van der Waals surface area contributed by atoms with Gasteiger partial charge in [0.1, 0.15) is 0 Å². The fourth-order valence-corrected chi connectivity index (χ4v) is 3.01. The third-order valence-electron chi connectivity index (χ3n) is 3.52. The zero-order valence-corrected chi connectivity index (χ0v) is 14.6. The first-order chi connectivity index (χ1) is 11.6. The van der Waals surface area contributed by atoms with Crippen LogP contribution in [0.15, 0.2) is 46.3 Å². The summed E-state index contributed by atoms with van der Waals surface area (Å²) < 4.78 is 5.19. The highest BCUT2D eigenvalue weighted by atomic mass is 35.5. The van der Waals surface area contributed by atoms with E-state index in [1.54, 1.807) is 11.3 Å². The minimum Gasteiger partial charge on any atom is -0.350 e. The van der Waals surface area contributed by atoms with Crippen molar-refractivity contribution in [1.82, 2.24) is 15.5 Å². The van der Waals surface area contributed by atoms with Gasteiger partial charge in [-0.3, -0.25) is 4.79 Å². The van der Waals surface area contributed by atoms with Crippen LogP contribution < -0.4 is 5.32 Å². The van der Waals surface area contributed by atoms with Gasteiger partial charge in [-0.05, 0) is 36.1 Å². The summed E-state index contributed by atoms with van der Waals surface area (Å²) in [7, 11) is 0. The predicted molar refractivity (Wildman–Crippen MR) is 93.9 cm³/mol. The Labute approximate surface area is 148 Å². The molecule has 0 aliphatic carbocycles. The third kappa shape index (κ3) is 4.21. The van der Waals surface area contributed by atoms with Crippen molar-refractivity contribution in [2.24, 2.45) is 0 Å². The smallest absolute Gasteiger partial charge is 0.227 e. The molecular weight excluding hydrogens is 346 g/mol. The highest BCUT2D eigenvalue weighted by molar-refractivity contribution is 7.13. The first-order valence-electron chi connectivity index (χ1n) is 7.53. The first-order valence-corrected chi connectivity index (χ1v) is 8.79. The van der Waals surface area contributed by atoms with Crippen LogP contribution in [-0.2, 0) is 11.2 Å². The molecule has 2 aromatic heterocycles. The summed E-state index contributed by atoms with van der Waals surface area (Å²) >= 11 is 7.42. The van der Waals surface area contributed by atoms with E-state index >= 15 is 0 Å². The number of carbonyl (C=O) groups is 1. The van der Waals surface area contributed by atoms with Crippen LogP contribution in [0.25, 0.3) is 10.7 Å². The maximum absolute atomic E-state index is 12.1. The number of aryl methyl sites for hydroxylation is 1. The van der Waals surface area contributed by atoms with Gasteiger partial charge in [-0.1, -0.05) is 35.0 Å². The number of rotatable bonds is 6. The molecule has 0 aliphatic heterocycles. The zero-order chi connectivity index (χ0) is 16.9. The average Bonchev–Trinajstić information content (AvgIpc) is 3.25. The second-order valence-electron chi connectivity index (χ2n) is 5.33. The van der Waals surface area contributed by atoms with Gasteiger partial charge in [-0.15, -0.1) is 11.3 Å². The summed E-state index contributed by atoms with van der Waals surface area (Å²) in [5.74, 6) is 0.968. The molecule has 0 bridgehead atoms. The lowest BCUT2D eigenvalue weighted by atomic mass is 10.1. The Morgan fingerprint density at radius 3 is 2.83 bits per heavy atom. The minimum atomic E-state index is -0.0841. The molecule has 1 amide bonds. The number of carbonyl (C=O) groups excluding carboxylic acids is 1. The van der Waals surface area contributed by atoms with Crippen molar-refractivity contribution < 1.29 is 9.32 Å². The Hall–Kier alpha value is -2.18. The number of amides is 1. The van der Waals surface area contributed by atoms with Crippen LogP contribution >= 0.6 is 22.9 Å². The van der Waals surface area contributed by atoms with Crippen molar-refractivity contribution in [3.05, 3.63) is 58.3 Å². The Morgan fingerprint density at radius 1 is 1.33 bits per heavy atom. The number of aromatic nitrogens is 2. The summed E-state index contributed by atoms with van der Waals surface area (Å²) in [4.78, 5) is 17.3. The maximum atomic E-state index is 12.1. The summed E-state index contributed by atoms with van der Waals surface area (Å²) in [6.07, 6.45) is 0.710. The van der Waals surface area contributed by atoms with Crippen LogP contribution in [0.5, 0.6) is 0 Å². The Balaban J connectivity index is 1.51. The van der Waals surface area contributed by atoms with Gasteiger partial charge >= 0.3 is 0 Å². The molecule has 124 valence electrons. The van der Waals surface area contributed by atoms with E-state index < -0.39 is 0 Å². The van der Waals surface area contributed by atoms with Gasteiger partial charge < -0.3 is 9.84 Å². The first kappa shape index (κ1) is 16.7. The van der Waals surface area contributed by atoms with E-state index in [9.17, 15) is 4.79 Å². The lowest BCUT2D eigenvalue weighted by molar-refractivity contribution is -0.121. The highest BCUT2D eigenvalue weighted by Gasteiger charge is 2.13. The zero-order valence-electron chi connectivity index (χ0n) is 13.0. The molecule has 5 nitrogen and oxygen atoms in total. The molecule has 3 aromatic rings. The van der Waals surface area contributed by atoms with Crippen molar-refractivity contribution in [2.45, 2.75) is 25.8 Å². The summed E-state index contributed by atoms with van der Waals surface area (Å²) in [6.45, 7) is 1.93. The van der Waals surface area contributed by atoms with Crippen molar-refractivity contribution in [3.8, 4) is 10.7 Å². The van der Waals surface area contributed by atoms with Gasteiger partial charge in [0.2, 0.25) is 17.6 Å². The van der Waals surface area contributed by atoms with Gasteiger partial charge in [0, 0.05) is 17.9 Å². The summed E-state index contributed by atoms with van der Waals surface area (Å²) in [6, 6.07) is 11.2. The van der Waals surface area contributed by atoms with Crippen LogP contribution in [0.4, 0.5) is 0 Å². The molecule has 24 heavy (non-hydrogen) atoms. The van der Waals surface area contributed by atoms with Crippen LogP contribution in [0.3, 0.4) is 0 Å². The molecule has 0 saturated heterocycles. The van der Waals surface area contributed by atoms with Crippen molar-refractivity contribution in [3.63, 3.8) is 0 Å². The molecule has 7 heteroatoms. The van der Waals surface area contributed by atoms with E-state index in [2.05, 4.69) is 15.5 Å². The molecular formula is C17H16ClN3O2S. The van der Waals surface area contributed by atoms with E-state index in [1.165, 1.54) is 0 Å². The quantitative estimate of drug-likeness (QED) is 0.712. The van der Waals surface area contributed by atoms with Gasteiger partial charge in [0.25, 0.3) is 0 Å².